The fourth-order valence-corrected chi connectivity index (χ4v) is 3.88. The second-order valence-electron chi connectivity index (χ2n) is 8.05. The first kappa shape index (κ1) is 23.1. The molecule has 0 spiro atoms. The predicted octanol–water partition coefficient (Wildman–Crippen LogP) is 5.91. The van der Waals surface area contributed by atoms with E-state index >= 15 is 0 Å². The van der Waals surface area contributed by atoms with Gasteiger partial charge in [-0.25, -0.2) is 4.90 Å². The van der Waals surface area contributed by atoms with E-state index in [1.807, 2.05) is 39.0 Å². The minimum atomic E-state index is -4.81. The van der Waals surface area contributed by atoms with Crippen LogP contribution >= 0.6 is 0 Å². The van der Waals surface area contributed by atoms with Crippen molar-refractivity contribution < 1.29 is 27.5 Å². The van der Waals surface area contributed by atoms with Crippen molar-refractivity contribution >= 4 is 28.8 Å². The number of imide groups is 1. The topological polar surface area (TPSA) is 58.6 Å². The lowest BCUT2D eigenvalue weighted by atomic mass is 9.97. The molecule has 174 valence electrons. The van der Waals surface area contributed by atoms with E-state index in [0.29, 0.717) is 16.9 Å². The van der Waals surface area contributed by atoms with Crippen LogP contribution in [-0.4, -0.2) is 18.2 Å². The number of nitrogens with one attached hydrogen (secondary N) is 1. The van der Waals surface area contributed by atoms with Gasteiger partial charge in [-0.1, -0.05) is 35.9 Å². The number of hydrogen-bond acceptors (Lipinski definition) is 4. The Hall–Kier alpha value is -4.07. The Morgan fingerprint density at radius 2 is 1.50 bits per heavy atom. The van der Waals surface area contributed by atoms with E-state index in [0.717, 1.165) is 33.7 Å². The third-order valence-electron chi connectivity index (χ3n) is 5.35. The van der Waals surface area contributed by atoms with E-state index in [1.165, 1.54) is 12.1 Å². The van der Waals surface area contributed by atoms with Crippen LogP contribution < -0.4 is 15.0 Å². The number of carbonyl (C=O) groups excluding carboxylic acids is 2. The highest BCUT2D eigenvalue weighted by molar-refractivity contribution is 6.46. The molecule has 0 saturated carbocycles. The third kappa shape index (κ3) is 4.66. The van der Waals surface area contributed by atoms with Crippen molar-refractivity contribution in [1.82, 2.24) is 0 Å². The molecular formula is C26H21F3N2O3. The number of carbonyl (C=O) groups is 2. The summed E-state index contributed by atoms with van der Waals surface area (Å²) in [6.07, 6.45) is -4.81. The maximum atomic E-state index is 13.5. The van der Waals surface area contributed by atoms with Crippen molar-refractivity contribution in [3.05, 3.63) is 94.7 Å². The summed E-state index contributed by atoms with van der Waals surface area (Å²) in [5.41, 5.74) is 4.30. The molecule has 1 N–H and O–H groups in total. The first-order valence-electron chi connectivity index (χ1n) is 10.4. The van der Waals surface area contributed by atoms with E-state index in [2.05, 4.69) is 10.1 Å². The van der Waals surface area contributed by atoms with Gasteiger partial charge in [0.2, 0.25) is 0 Å². The van der Waals surface area contributed by atoms with Gasteiger partial charge in [0.05, 0.1) is 11.3 Å². The lowest BCUT2D eigenvalue weighted by Gasteiger charge is -2.16. The van der Waals surface area contributed by atoms with Gasteiger partial charge in [0.15, 0.2) is 0 Å². The lowest BCUT2D eigenvalue weighted by Crippen LogP contribution is -2.32. The first-order valence-corrected chi connectivity index (χ1v) is 10.4. The van der Waals surface area contributed by atoms with Gasteiger partial charge in [0.1, 0.15) is 11.4 Å². The van der Waals surface area contributed by atoms with E-state index in [1.54, 1.807) is 24.3 Å². The monoisotopic (exact) mass is 466 g/mol. The van der Waals surface area contributed by atoms with Gasteiger partial charge in [-0.15, -0.1) is 13.2 Å². The van der Waals surface area contributed by atoms with Crippen LogP contribution in [-0.2, 0) is 9.59 Å². The molecule has 0 saturated heterocycles. The van der Waals surface area contributed by atoms with Crippen LogP contribution in [0, 0.1) is 20.8 Å². The molecule has 0 radical (unpaired) electrons. The Bertz CT molecular complexity index is 1310. The first-order chi connectivity index (χ1) is 16.0. The van der Waals surface area contributed by atoms with Gasteiger partial charge in [-0.05, 0) is 73.9 Å². The number of benzene rings is 3. The van der Waals surface area contributed by atoms with Gasteiger partial charge in [-0.3, -0.25) is 9.59 Å². The number of alkyl halides is 3. The summed E-state index contributed by atoms with van der Waals surface area (Å²) in [4.78, 5) is 28.1. The standard InChI is InChI=1S/C26H21F3N2O3/c1-15-5-4-6-19(14-15)31-24(32)22(21-12-7-16(2)13-17(21)3)23(25(31)33)30-18-8-10-20(11-9-18)34-26(27,28)29/h4-14,30H,1-3H3. The number of anilines is 2. The quantitative estimate of drug-likeness (QED) is 0.475. The summed E-state index contributed by atoms with van der Waals surface area (Å²) in [5, 5.41) is 2.95. The lowest BCUT2D eigenvalue weighted by molar-refractivity contribution is -0.274. The molecule has 1 aliphatic heterocycles. The average Bonchev–Trinajstić information content (AvgIpc) is 2.98. The Kier molecular flexibility index (Phi) is 5.91. The van der Waals surface area contributed by atoms with Gasteiger partial charge < -0.3 is 10.1 Å². The van der Waals surface area contributed by atoms with Crippen LogP contribution in [0.3, 0.4) is 0 Å². The Balaban J connectivity index is 1.77. The van der Waals surface area contributed by atoms with Crippen LogP contribution in [0.2, 0.25) is 0 Å². The highest BCUT2D eigenvalue weighted by atomic mass is 19.4. The molecule has 0 fully saturated rings. The molecule has 0 bridgehead atoms. The third-order valence-corrected chi connectivity index (χ3v) is 5.35. The molecule has 1 heterocycles. The Labute approximate surface area is 194 Å². The minimum Gasteiger partial charge on any atom is -0.406 e. The van der Waals surface area contributed by atoms with Gasteiger partial charge in [0.25, 0.3) is 11.8 Å². The van der Waals surface area contributed by atoms with Crippen LogP contribution in [0.5, 0.6) is 5.75 Å². The molecule has 5 nitrogen and oxygen atoms in total. The number of aryl methyl sites for hydroxylation is 3. The maximum Gasteiger partial charge on any atom is 0.573 e. The minimum absolute atomic E-state index is 0.0444. The zero-order chi connectivity index (χ0) is 24.6. The molecule has 0 aromatic heterocycles. The largest absolute Gasteiger partial charge is 0.573 e. The molecular weight excluding hydrogens is 445 g/mol. The number of rotatable bonds is 5. The van der Waals surface area contributed by atoms with Gasteiger partial charge in [0, 0.05) is 5.69 Å². The highest BCUT2D eigenvalue weighted by Crippen LogP contribution is 2.36. The molecule has 34 heavy (non-hydrogen) atoms. The van der Waals surface area contributed by atoms with E-state index in [9.17, 15) is 22.8 Å². The number of nitrogens with zero attached hydrogens (tertiary/aromatic N) is 1. The van der Waals surface area contributed by atoms with Crippen molar-refractivity contribution in [3.63, 3.8) is 0 Å². The molecule has 2 amide bonds. The van der Waals surface area contributed by atoms with Crippen molar-refractivity contribution in [2.24, 2.45) is 0 Å². The van der Waals surface area contributed by atoms with E-state index < -0.39 is 23.9 Å². The highest BCUT2D eigenvalue weighted by Gasteiger charge is 2.40. The smallest absolute Gasteiger partial charge is 0.406 e. The van der Waals surface area contributed by atoms with Crippen LogP contribution in [0.1, 0.15) is 22.3 Å². The SMILES string of the molecule is Cc1cccc(N2C(=O)C(Nc3ccc(OC(F)(F)F)cc3)=C(c3ccc(C)cc3C)C2=O)c1. The Morgan fingerprint density at radius 3 is 2.12 bits per heavy atom. The molecule has 4 rings (SSSR count). The molecule has 3 aromatic carbocycles. The van der Waals surface area contributed by atoms with Crippen LogP contribution in [0.25, 0.3) is 5.57 Å². The molecule has 0 aliphatic carbocycles. The van der Waals surface area contributed by atoms with Crippen molar-refractivity contribution in [2.75, 3.05) is 10.2 Å². The Morgan fingerprint density at radius 1 is 0.824 bits per heavy atom. The molecule has 3 aromatic rings. The zero-order valence-corrected chi connectivity index (χ0v) is 18.7. The summed E-state index contributed by atoms with van der Waals surface area (Å²) in [5.74, 6) is -1.43. The van der Waals surface area contributed by atoms with Crippen molar-refractivity contribution in [2.45, 2.75) is 27.1 Å². The normalized spacial score (nSPS) is 14.1. The van der Waals surface area contributed by atoms with E-state index in [4.69, 9.17) is 0 Å². The number of hydrogen-bond donors (Lipinski definition) is 1. The molecule has 1 aliphatic rings. The second kappa shape index (κ2) is 8.70. The predicted molar refractivity (Wildman–Crippen MR) is 123 cm³/mol. The average molecular weight is 466 g/mol. The van der Waals surface area contributed by atoms with Crippen LogP contribution in [0.15, 0.2) is 72.4 Å². The van der Waals surface area contributed by atoms with E-state index in [-0.39, 0.29) is 11.3 Å². The summed E-state index contributed by atoms with van der Waals surface area (Å²) in [6, 6.07) is 17.5. The molecule has 8 heteroatoms. The van der Waals surface area contributed by atoms with Crippen LogP contribution in [0.4, 0.5) is 24.5 Å². The number of amides is 2. The summed E-state index contributed by atoms with van der Waals surface area (Å²) >= 11 is 0. The second-order valence-corrected chi connectivity index (χ2v) is 8.05. The van der Waals surface area contributed by atoms with Crippen molar-refractivity contribution in [3.8, 4) is 5.75 Å². The van der Waals surface area contributed by atoms with Gasteiger partial charge in [-0.2, -0.15) is 0 Å². The number of halogens is 3. The number of ether oxygens (including phenoxy) is 1. The fourth-order valence-electron chi connectivity index (χ4n) is 3.88. The van der Waals surface area contributed by atoms with Gasteiger partial charge >= 0.3 is 6.36 Å². The molecule has 0 unspecified atom stereocenters. The molecule has 0 atom stereocenters. The summed E-state index contributed by atoms with van der Waals surface area (Å²) in [7, 11) is 0. The maximum absolute atomic E-state index is 13.5. The van der Waals surface area contributed by atoms with Crippen molar-refractivity contribution in [1.29, 1.82) is 0 Å². The fraction of sp³-hybridized carbons (Fsp3) is 0.154. The summed E-state index contributed by atoms with van der Waals surface area (Å²) < 4.78 is 41.3. The zero-order valence-electron chi connectivity index (χ0n) is 18.7. The summed E-state index contributed by atoms with van der Waals surface area (Å²) in [6.45, 7) is 5.63.